The van der Waals surface area contributed by atoms with Crippen LogP contribution in [0.1, 0.15) is 54.8 Å². The lowest BCUT2D eigenvalue weighted by atomic mass is 9.86. The topological polar surface area (TPSA) is 81.2 Å². The Morgan fingerprint density at radius 3 is 2.27 bits per heavy atom. The van der Waals surface area contributed by atoms with Crippen molar-refractivity contribution in [2.24, 2.45) is 0 Å². The number of alkyl halides is 6. The lowest BCUT2D eigenvalue weighted by Crippen LogP contribution is -2.32. The van der Waals surface area contributed by atoms with Gasteiger partial charge in [-0.1, -0.05) is 24.3 Å². The van der Waals surface area contributed by atoms with Crippen LogP contribution in [0.15, 0.2) is 67.0 Å². The van der Waals surface area contributed by atoms with E-state index in [4.69, 9.17) is 9.47 Å². The van der Waals surface area contributed by atoms with Crippen LogP contribution in [0.25, 0.3) is 11.3 Å². The van der Waals surface area contributed by atoms with Crippen molar-refractivity contribution in [2.75, 3.05) is 10.6 Å². The zero-order chi connectivity index (χ0) is 32.1. The number of aromatic nitrogens is 3. The Hall–Kier alpha value is -4.23. The number of halogens is 6. The summed E-state index contributed by atoms with van der Waals surface area (Å²) in [7, 11) is 0. The van der Waals surface area contributed by atoms with Gasteiger partial charge < -0.3 is 20.1 Å². The van der Waals surface area contributed by atoms with Gasteiger partial charge in [0, 0.05) is 36.2 Å². The van der Waals surface area contributed by atoms with Crippen molar-refractivity contribution >= 4 is 17.3 Å². The predicted molar refractivity (Wildman–Crippen MR) is 155 cm³/mol. The first-order chi connectivity index (χ1) is 21.2. The highest BCUT2D eigenvalue weighted by atomic mass is 19.4. The van der Waals surface area contributed by atoms with Gasteiger partial charge in [0.05, 0.1) is 23.5 Å². The number of nitrogens with one attached hydrogen (secondary N) is 2. The molecule has 13 heteroatoms. The van der Waals surface area contributed by atoms with Gasteiger partial charge >= 0.3 is 12.4 Å². The van der Waals surface area contributed by atoms with Crippen LogP contribution in [-0.4, -0.2) is 32.9 Å². The van der Waals surface area contributed by atoms with Gasteiger partial charge in [-0.25, -0.2) is 15.0 Å². The highest BCUT2D eigenvalue weighted by Crippen LogP contribution is 2.40. The molecule has 3 heterocycles. The fraction of sp³-hybridized carbons (Fsp3) is 0.344. The molecular weight excluding hydrogens is 600 g/mol. The summed E-state index contributed by atoms with van der Waals surface area (Å²) >= 11 is 0. The minimum Gasteiger partial charge on any atom is -0.363 e. The summed E-state index contributed by atoms with van der Waals surface area (Å²) in [5, 5.41) is 6.26. The Morgan fingerprint density at radius 2 is 1.58 bits per heavy atom. The summed E-state index contributed by atoms with van der Waals surface area (Å²) in [4.78, 5) is 12.5. The van der Waals surface area contributed by atoms with Crippen molar-refractivity contribution in [3.63, 3.8) is 0 Å². The van der Waals surface area contributed by atoms with E-state index in [2.05, 4.69) is 25.6 Å². The Balaban J connectivity index is 1.29. The number of pyridine rings is 1. The molecule has 2 N–H and O–H groups in total. The molecule has 236 valence electrons. The number of benzene rings is 2. The third-order valence-electron chi connectivity index (χ3n) is 7.87. The Bertz CT molecular complexity index is 1710. The quantitative estimate of drug-likeness (QED) is 0.209. The lowest BCUT2D eigenvalue weighted by molar-refractivity contribution is -0.145. The molecule has 2 aromatic carbocycles. The number of nitrogens with zero attached hydrogens (tertiary/aromatic N) is 3. The van der Waals surface area contributed by atoms with Gasteiger partial charge in [-0.15, -0.1) is 0 Å². The zero-order valence-electron chi connectivity index (χ0n) is 24.4. The summed E-state index contributed by atoms with van der Waals surface area (Å²) in [6.45, 7) is 5.40. The summed E-state index contributed by atoms with van der Waals surface area (Å²) in [5.74, 6) is -0.398. The molecule has 2 aromatic heterocycles. The van der Waals surface area contributed by atoms with Crippen LogP contribution in [0.3, 0.4) is 0 Å². The van der Waals surface area contributed by atoms with Gasteiger partial charge in [-0.05, 0) is 67.8 Å². The molecule has 0 radical (unpaired) electrons. The van der Waals surface area contributed by atoms with Gasteiger partial charge in [0.25, 0.3) is 0 Å². The van der Waals surface area contributed by atoms with E-state index in [0.717, 1.165) is 35.0 Å². The van der Waals surface area contributed by atoms with E-state index in [9.17, 15) is 26.3 Å². The smallest absolute Gasteiger partial charge is 0.363 e. The summed E-state index contributed by atoms with van der Waals surface area (Å²) < 4.78 is 92.2. The normalized spacial score (nSPS) is 19.8. The van der Waals surface area contributed by atoms with E-state index in [1.807, 2.05) is 32.0 Å². The van der Waals surface area contributed by atoms with E-state index in [1.165, 1.54) is 24.5 Å². The zero-order valence-corrected chi connectivity index (χ0v) is 24.4. The third kappa shape index (κ3) is 6.59. The number of fused-ring (bicyclic) bond motifs is 2. The number of hydrogen-bond donors (Lipinski definition) is 2. The summed E-state index contributed by atoms with van der Waals surface area (Å²) in [6, 6.07) is 13.3. The molecule has 1 saturated heterocycles. The maximum absolute atomic E-state index is 13.6. The van der Waals surface area contributed by atoms with Gasteiger partial charge in [-0.2, -0.15) is 26.3 Å². The van der Waals surface area contributed by atoms with Gasteiger partial charge in [0.15, 0.2) is 5.79 Å². The van der Waals surface area contributed by atoms with E-state index in [1.54, 1.807) is 13.0 Å². The van der Waals surface area contributed by atoms with Crippen molar-refractivity contribution in [2.45, 2.75) is 70.0 Å². The monoisotopic (exact) mass is 629 g/mol. The van der Waals surface area contributed by atoms with Crippen LogP contribution < -0.4 is 10.6 Å². The summed E-state index contributed by atoms with van der Waals surface area (Å²) in [6.07, 6.45) is -6.77. The van der Waals surface area contributed by atoms with Crippen molar-refractivity contribution in [1.29, 1.82) is 0 Å². The van der Waals surface area contributed by atoms with E-state index < -0.39 is 35.4 Å². The Morgan fingerprint density at radius 1 is 0.867 bits per heavy atom. The molecule has 0 spiro atoms. The molecule has 0 amide bonds. The first-order valence-corrected chi connectivity index (χ1v) is 14.2. The maximum atomic E-state index is 13.6. The molecule has 0 bridgehead atoms. The van der Waals surface area contributed by atoms with Crippen LogP contribution in [0.5, 0.6) is 0 Å². The van der Waals surface area contributed by atoms with E-state index in [0.29, 0.717) is 24.2 Å². The summed E-state index contributed by atoms with van der Waals surface area (Å²) in [5.41, 5.74) is 2.00. The Kier molecular flexibility index (Phi) is 7.72. The number of hydrogen-bond acceptors (Lipinski definition) is 7. The molecule has 3 atom stereocenters. The van der Waals surface area contributed by atoms with Crippen LogP contribution >= 0.6 is 0 Å². The first kappa shape index (κ1) is 30.8. The van der Waals surface area contributed by atoms with Gasteiger partial charge in [0.2, 0.25) is 0 Å². The minimum atomic E-state index is -4.72. The van der Waals surface area contributed by atoms with Crippen LogP contribution in [0.2, 0.25) is 0 Å². The molecule has 0 unspecified atom stereocenters. The van der Waals surface area contributed by atoms with Crippen LogP contribution in [0.4, 0.5) is 43.7 Å². The van der Waals surface area contributed by atoms with Crippen molar-refractivity contribution in [1.82, 2.24) is 15.0 Å². The molecule has 4 aromatic rings. The number of ether oxygens (including phenoxy) is 2. The van der Waals surface area contributed by atoms with Gasteiger partial charge in [0.1, 0.15) is 23.7 Å². The molecule has 6 rings (SSSR count). The largest absolute Gasteiger partial charge is 0.433 e. The number of rotatable bonds is 6. The second kappa shape index (κ2) is 11.3. The molecule has 7 nitrogen and oxygen atoms in total. The van der Waals surface area contributed by atoms with Crippen molar-refractivity contribution in [3.8, 4) is 11.3 Å². The molecule has 1 fully saturated rings. The predicted octanol–water partition coefficient (Wildman–Crippen LogP) is 8.11. The highest BCUT2D eigenvalue weighted by molar-refractivity contribution is 5.75. The number of anilines is 3. The molecule has 45 heavy (non-hydrogen) atoms. The third-order valence-corrected chi connectivity index (χ3v) is 7.87. The van der Waals surface area contributed by atoms with Crippen molar-refractivity contribution < 1.29 is 35.8 Å². The van der Waals surface area contributed by atoms with E-state index in [-0.39, 0.29) is 29.3 Å². The molecule has 1 aliphatic heterocycles. The molecule has 1 aliphatic carbocycles. The van der Waals surface area contributed by atoms with Crippen LogP contribution in [0, 0.1) is 0 Å². The SMILES string of the molecule is C[C@@H](Nc1nc(C(F)(F)F)ccc1-c1cc(Nc2cccc3c2C[C@@H]2OC(C)(C)O[C@@H]2C3)ncn1)c1ccc(C(F)(F)F)cc1. The average Bonchev–Trinajstić information content (AvgIpc) is 3.28. The molecule has 0 saturated carbocycles. The van der Waals surface area contributed by atoms with Crippen molar-refractivity contribution in [3.05, 3.63) is 94.9 Å². The Labute approximate surface area is 255 Å². The fourth-order valence-corrected chi connectivity index (χ4v) is 5.75. The standard InChI is InChI=1S/C32H29F6N5O2/c1-17(18-7-9-20(10-8-18)31(33,34)35)41-29-21(11-12-27(43-29)32(36,37)38)24-15-28(40-16-39-24)42-23-6-4-5-19-13-25-26(14-22(19)23)45-30(2,3)44-25/h4-12,15-17,25-26H,13-14H2,1-3H3,(H,41,43)(H,39,40,42)/t17-,25-,26+/m1/s1. The van der Waals surface area contributed by atoms with E-state index >= 15 is 0 Å². The fourth-order valence-electron chi connectivity index (χ4n) is 5.75. The second-order valence-electron chi connectivity index (χ2n) is 11.6. The highest BCUT2D eigenvalue weighted by Gasteiger charge is 2.44. The first-order valence-electron chi connectivity index (χ1n) is 14.2. The lowest BCUT2D eigenvalue weighted by Gasteiger charge is -2.27. The second-order valence-corrected chi connectivity index (χ2v) is 11.6. The van der Waals surface area contributed by atoms with Gasteiger partial charge in [-0.3, -0.25) is 0 Å². The minimum absolute atomic E-state index is 0.0449. The molecular formula is C32H29F6N5O2. The van der Waals surface area contributed by atoms with Crippen LogP contribution in [-0.2, 0) is 34.7 Å². The maximum Gasteiger partial charge on any atom is 0.433 e. The average molecular weight is 630 g/mol. The molecule has 2 aliphatic rings.